The molecule has 7 heteroatoms. The minimum Gasteiger partial charge on any atom is -0.347 e. The molecule has 1 aromatic heterocycles. The van der Waals surface area contributed by atoms with Gasteiger partial charge in [-0.2, -0.15) is 0 Å². The number of carbonyl (C=O) groups excluding carboxylic acids is 2. The van der Waals surface area contributed by atoms with Crippen molar-refractivity contribution >= 4 is 51.5 Å². The highest BCUT2D eigenvalue weighted by Crippen LogP contribution is 2.26. The maximum absolute atomic E-state index is 11.9. The first kappa shape index (κ1) is 18.7. The molecular formula is C20H19ClN4O2. The first-order chi connectivity index (χ1) is 12.9. The molecule has 0 spiro atoms. The standard InChI is InChI=1S/C20H19ClN4O2/c1-12-8-19(23-15-5-3-4-14(21)9-15)25-18-7-6-16(10-17(12)18)24-20(27)11-22-13(2)26/h3-10H,11H2,1-2H3,(H,22,26)(H,23,25)(H,24,27). The number of nitrogens with zero attached hydrogens (tertiary/aromatic N) is 1. The van der Waals surface area contributed by atoms with Crippen LogP contribution in [0.2, 0.25) is 5.02 Å². The van der Waals surface area contributed by atoms with Crippen molar-refractivity contribution in [3.05, 3.63) is 59.1 Å². The van der Waals surface area contributed by atoms with Crippen molar-refractivity contribution in [2.24, 2.45) is 0 Å². The van der Waals surface area contributed by atoms with E-state index >= 15 is 0 Å². The Hall–Kier alpha value is -3.12. The second-order valence-corrected chi connectivity index (χ2v) is 6.59. The third-order valence-electron chi connectivity index (χ3n) is 3.89. The van der Waals surface area contributed by atoms with Gasteiger partial charge in [0.05, 0.1) is 12.1 Å². The van der Waals surface area contributed by atoms with Crippen molar-refractivity contribution in [3.63, 3.8) is 0 Å². The molecule has 2 amide bonds. The molecule has 0 unspecified atom stereocenters. The average molecular weight is 383 g/mol. The lowest BCUT2D eigenvalue weighted by atomic mass is 10.1. The lowest BCUT2D eigenvalue weighted by molar-refractivity contribution is -0.122. The molecule has 2 aromatic carbocycles. The minimum absolute atomic E-state index is 0.0624. The zero-order chi connectivity index (χ0) is 19.4. The lowest BCUT2D eigenvalue weighted by Crippen LogP contribution is -2.31. The zero-order valence-electron chi connectivity index (χ0n) is 15.0. The fraction of sp³-hybridized carbons (Fsp3) is 0.150. The Morgan fingerprint density at radius 2 is 1.89 bits per heavy atom. The van der Waals surface area contributed by atoms with Gasteiger partial charge in [-0.25, -0.2) is 4.98 Å². The predicted molar refractivity (Wildman–Crippen MR) is 109 cm³/mol. The molecule has 138 valence electrons. The Labute approximate surface area is 161 Å². The number of hydrogen-bond acceptors (Lipinski definition) is 4. The Balaban J connectivity index is 1.80. The van der Waals surface area contributed by atoms with Crippen LogP contribution in [0.15, 0.2) is 48.5 Å². The molecule has 3 aromatic rings. The van der Waals surface area contributed by atoms with Crippen LogP contribution in [-0.4, -0.2) is 23.3 Å². The van der Waals surface area contributed by atoms with Gasteiger partial charge < -0.3 is 16.0 Å². The quantitative estimate of drug-likeness (QED) is 0.622. The second kappa shape index (κ2) is 8.05. The Kier molecular flexibility index (Phi) is 5.57. The molecular weight excluding hydrogens is 364 g/mol. The second-order valence-electron chi connectivity index (χ2n) is 6.15. The molecule has 3 N–H and O–H groups in total. The minimum atomic E-state index is -0.283. The van der Waals surface area contributed by atoms with Crippen LogP contribution < -0.4 is 16.0 Å². The summed E-state index contributed by atoms with van der Waals surface area (Å²) in [6, 6.07) is 14.9. The highest BCUT2D eigenvalue weighted by Gasteiger charge is 2.07. The van der Waals surface area contributed by atoms with Crippen LogP contribution in [0.3, 0.4) is 0 Å². The van der Waals surface area contributed by atoms with E-state index in [2.05, 4.69) is 20.9 Å². The smallest absolute Gasteiger partial charge is 0.243 e. The highest BCUT2D eigenvalue weighted by molar-refractivity contribution is 6.30. The number of carbonyl (C=O) groups is 2. The summed E-state index contributed by atoms with van der Waals surface area (Å²) in [4.78, 5) is 27.4. The van der Waals surface area contributed by atoms with Gasteiger partial charge in [-0.3, -0.25) is 9.59 Å². The third kappa shape index (κ3) is 4.95. The van der Waals surface area contributed by atoms with Crippen LogP contribution in [0, 0.1) is 6.92 Å². The number of halogens is 1. The summed E-state index contributed by atoms with van der Waals surface area (Å²) in [5, 5.41) is 10.1. The first-order valence-corrected chi connectivity index (χ1v) is 8.77. The third-order valence-corrected chi connectivity index (χ3v) is 4.13. The van der Waals surface area contributed by atoms with Gasteiger partial charge in [-0.1, -0.05) is 17.7 Å². The van der Waals surface area contributed by atoms with Gasteiger partial charge in [-0.15, -0.1) is 0 Å². The number of aryl methyl sites for hydroxylation is 1. The zero-order valence-corrected chi connectivity index (χ0v) is 15.7. The van der Waals surface area contributed by atoms with E-state index in [1.54, 1.807) is 6.07 Å². The lowest BCUT2D eigenvalue weighted by Gasteiger charge is -2.11. The SMILES string of the molecule is CC(=O)NCC(=O)Nc1ccc2nc(Nc3cccc(Cl)c3)cc(C)c2c1. The molecule has 0 aliphatic heterocycles. The van der Waals surface area contributed by atoms with Crippen LogP contribution >= 0.6 is 11.6 Å². The molecule has 0 aliphatic carbocycles. The summed E-state index contributed by atoms with van der Waals surface area (Å²) in [6.45, 7) is 3.29. The number of aromatic nitrogens is 1. The van der Waals surface area contributed by atoms with E-state index in [0.29, 0.717) is 16.5 Å². The van der Waals surface area contributed by atoms with E-state index in [9.17, 15) is 9.59 Å². The molecule has 0 saturated heterocycles. The molecule has 0 atom stereocenters. The molecule has 0 aliphatic rings. The Morgan fingerprint density at radius 1 is 1.07 bits per heavy atom. The molecule has 6 nitrogen and oxygen atoms in total. The monoisotopic (exact) mass is 382 g/mol. The van der Waals surface area contributed by atoms with Crippen LogP contribution in [0.5, 0.6) is 0 Å². The van der Waals surface area contributed by atoms with Crippen molar-refractivity contribution in [2.75, 3.05) is 17.2 Å². The summed E-state index contributed by atoms with van der Waals surface area (Å²) in [5.74, 6) is 0.183. The number of fused-ring (bicyclic) bond motifs is 1. The van der Waals surface area contributed by atoms with E-state index in [1.807, 2.05) is 49.4 Å². The van der Waals surface area contributed by atoms with Crippen LogP contribution in [0.25, 0.3) is 10.9 Å². The molecule has 3 rings (SSSR count). The number of benzene rings is 2. The Morgan fingerprint density at radius 3 is 2.63 bits per heavy atom. The van der Waals surface area contributed by atoms with Crippen molar-refractivity contribution in [1.82, 2.24) is 10.3 Å². The van der Waals surface area contributed by atoms with Crippen molar-refractivity contribution in [1.29, 1.82) is 0 Å². The van der Waals surface area contributed by atoms with Crippen LogP contribution in [0.4, 0.5) is 17.2 Å². The molecule has 0 radical (unpaired) electrons. The van der Waals surface area contributed by atoms with E-state index in [-0.39, 0.29) is 18.4 Å². The highest BCUT2D eigenvalue weighted by atomic mass is 35.5. The average Bonchev–Trinajstić information content (AvgIpc) is 2.60. The van der Waals surface area contributed by atoms with Gasteiger partial charge in [0.25, 0.3) is 0 Å². The molecule has 27 heavy (non-hydrogen) atoms. The van der Waals surface area contributed by atoms with Gasteiger partial charge in [0.15, 0.2) is 0 Å². The molecule has 0 fully saturated rings. The van der Waals surface area contributed by atoms with E-state index in [1.165, 1.54) is 6.92 Å². The van der Waals surface area contributed by atoms with E-state index in [0.717, 1.165) is 22.2 Å². The van der Waals surface area contributed by atoms with Gasteiger partial charge >= 0.3 is 0 Å². The molecule has 0 saturated carbocycles. The number of anilines is 3. The van der Waals surface area contributed by atoms with E-state index < -0.39 is 0 Å². The fourth-order valence-electron chi connectivity index (χ4n) is 2.66. The van der Waals surface area contributed by atoms with Crippen LogP contribution in [-0.2, 0) is 9.59 Å². The fourth-order valence-corrected chi connectivity index (χ4v) is 2.85. The summed E-state index contributed by atoms with van der Waals surface area (Å²) < 4.78 is 0. The largest absolute Gasteiger partial charge is 0.347 e. The maximum atomic E-state index is 11.9. The van der Waals surface area contributed by atoms with E-state index in [4.69, 9.17) is 11.6 Å². The number of hydrogen-bond donors (Lipinski definition) is 3. The maximum Gasteiger partial charge on any atom is 0.243 e. The number of rotatable bonds is 5. The van der Waals surface area contributed by atoms with Gasteiger partial charge in [0.1, 0.15) is 5.82 Å². The van der Waals surface area contributed by atoms with Gasteiger partial charge in [-0.05, 0) is 55.0 Å². The van der Waals surface area contributed by atoms with Crippen molar-refractivity contribution in [3.8, 4) is 0 Å². The Bertz CT molecular complexity index is 1020. The predicted octanol–water partition coefficient (Wildman–Crippen LogP) is 4.01. The van der Waals surface area contributed by atoms with Crippen LogP contribution in [0.1, 0.15) is 12.5 Å². The summed E-state index contributed by atoms with van der Waals surface area (Å²) in [7, 11) is 0. The summed E-state index contributed by atoms with van der Waals surface area (Å²) in [6.07, 6.45) is 0. The molecule has 1 heterocycles. The summed E-state index contributed by atoms with van der Waals surface area (Å²) in [5.41, 5.74) is 3.33. The van der Waals surface area contributed by atoms with Gasteiger partial charge in [0, 0.05) is 28.7 Å². The normalized spacial score (nSPS) is 10.5. The molecule has 0 bridgehead atoms. The van der Waals surface area contributed by atoms with Crippen molar-refractivity contribution < 1.29 is 9.59 Å². The number of amides is 2. The summed E-state index contributed by atoms with van der Waals surface area (Å²) >= 11 is 6.02. The van der Waals surface area contributed by atoms with Gasteiger partial charge in [0.2, 0.25) is 11.8 Å². The number of nitrogens with one attached hydrogen (secondary N) is 3. The first-order valence-electron chi connectivity index (χ1n) is 8.39. The number of pyridine rings is 1. The topological polar surface area (TPSA) is 83.1 Å². The van der Waals surface area contributed by atoms with Crippen molar-refractivity contribution in [2.45, 2.75) is 13.8 Å².